The van der Waals surface area contributed by atoms with E-state index >= 15 is 0 Å². The average molecular weight is 442 g/mol. The Hall–Kier alpha value is -2.68. The molecule has 1 amide bonds. The molecule has 0 saturated carbocycles. The minimum Gasteiger partial charge on any atom is -0.301 e. The molecule has 0 atom stereocenters. The topological polar surface area (TPSA) is 72.7 Å². The number of rotatable bonds is 6. The van der Waals surface area contributed by atoms with Gasteiger partial charge in [-0.05, 0) is 24.6 Å². The molecule has 0 saturated heterocycles. The van der Waals surface area contributed by atoms with Crippen LogP contribution in [-0.2, 0) is 4.79 Å². The molecule has 4 rings (SSSR count). The Morgan fingerprint density at radius 2 is 2.03 bits per heavy atom. The van der Waals surface area contributed by atoms with Gasteiger partial charge in [0.05, 0.1) is 11.4 Å². The predicted octanol–water partition coefficient (Wildman–Crippen LogP) is 5.08. The fourth-order valence-corrected chi connectivity index (χ4v) is 4.13. The fraction of sp³-hybridized carbons (Fsp3) is 0.100. The number of hydrogen-bond acceptors (Lipinski definition) is 6. The Morgan fingerprint density at radius 3 is 2.76 bits per heavy atom. The number of carbonyl (C=O) groups is 1. The monoisotopic (exact) mass is 441 g/mol. The van der Waals surface area contributed by atoms with E-state index in [4.69, 9.17) is 11.6 Å². The molecule has 0 spiro atoms. The van der Waals surface area contributed by atoms with E-state index in [9.17, 15) is 4.79 Å². The summed E-state index contributed by atoms with van der Waals surface area (Å²) in [6.07, 6.45) is 1.65. The number of halogens is 1. The smallest absolute Gasteiger partial charge is 0.236 e. The van der Waals surface area contributed by atoms with Crippen LogP contribution in [0.15, 0.2) is 65.3 Å². The van der Waals surface area contributed by atoms with Crippen molar-refractivity contribution < 1.29 is 4.79 Å². The summed E-state index contributed by atoms with van der Waals surface area (Å²) in [7, 11) is 0. The van der Waals surface area contributed by atoms with Crippen molar-refractivity contribution in [2.75, 3.05) is 11.1 Å². The van der Waals surface area contributed by atoms with Crippen molar-refractivity contribution in [3.8, 4) is 17.1 Å². The molecule has 0 unspecified atom stereocenters. The molecule has 0 bridgehead atoms. The minimum atomic E-state index is -0.150. The molecule has 2 aromatic heterocycles. The number of thioether (sulfide) groups is 1. The fourth-order valence-electron chi connectivity index (χ4n) is 2.66. The quantitative estimate of drug-likeness (QED) is 0.422. The first kappa shape index (κ1) is 19.6. The van der Waals surface area contributed by atoms with E-state index in [1.807, 2.05) is 65.4 Å². The zero-order valence-corrected chi connectivity index (χ0v) is 17.8. The van der Waals surface area contributed by atoms with Crippen molar-refractivity contribution in [1.82, 2.24) is 19.7 Å². The van der Waals surface area contributed by atoms with Crippen molar-refractivity contribution in [3.63, 3.8) is 0 Å². The Morgan fingerprint density at radius 1 is 1.21 bits per heavy atom. The highest BCUT2D eigenvalue weighted by molar-refractivity contribution is 7.99. The normalized spacial score (nSPS) is 10.8. The summed E-state index contributed by atoms with van der Waals surface area (Å²) >= 11 is 9.04. The second-order valence-electron chi connectivity index (χ2n) is 6.12. The number of amides is 1. The number of carbonyl (C=O) groups excluding carboxylic acids is 1. The Balaban J connectivity index is 1.65. The largest absolute Gasteiger partial charge is 0.301 e. The third-order valence-electron chi connectivity index (χ3n) is 4.09. The maximum atomic E-state index is 12.3. The molecule has 0 fully saturated rings. The van der Waals surface area contributed by atoms with Gasteiger partial charge >= 0.3 is 0 Å². The molecule has 146 valence electrons. The third kappa shape index (κ3) is 4.50. The summed E-state index contributed by atoms with van der Waals surface area (Å²) in [5.74, 6) is 0.725. The minimum absolute atomic E-state index is 0.150. The molecule has 9 heteroatoms. The van der Waals surface area contributed by atoms with Gasteiger partial charge in [0.25, 0.3) is 0 Å². The molecule has 0 aliphatic rings. The molecule has 0 radical (unpaired) electrons. The maximum absolute atomic E-state index is 12.3. The van der Waals surface area contributed by atoms with E-state index in [1.54, 1.807) is 6.20 Å². The lowest BCUT2D eigenvalue weighted by Crippen LogP contribution is -2.14. The van der Waals surface area contributed by atoms with E-state index in [2.05, 4.69) is 20.5 Å². The summed E-state index contributed by atoms with van der Waals surface area (Å²) in [5.41, 5.74) is 2.75. The Kier molecular flexibility index (Phi) is 5.94. The van der Waals surface area contributed by atoms with Crippen LogP contribution in [0.3, 0.4) is 0 Å². The standard InChI is InChI=1S/C20H16ClN5OS2/c1-13-7-8-15(11-16(13)21)26-18(14-5-3-2-4-6-14)24-25-20(26)29-12-17(27)23-19-22-9-10-28-19/h2-11H,12H2,1H3,(H,22,23,27). The first-order chi connectivity index (χ1) is 14.1. The van der Waals surface area contributed by atoms with E-state index in [1.165, 1.54) is 23.1 Å². The van der Waals surface area contributed by atoms with Crippen LogP contribution in [0.4, 0.5) is 5.13 Å². The number of nitrogens with zero attached hydrogens (tertiary/aromatic N) is 4. The van der Waals surface area contributed by atoms with Crippen LogP contribution in [0.1, 0.15) is 5.56 Å². The molecule has 0 aliphatic heterocycles. The van der Waals surface area contributed by atoms with E-state index in [0.717, 1.165) is 16.8 Å². The lowest BCUT2D eigenvalue weighted by molar-refractivity contribution is -0.113. The molecule has 6 nitrogen and oxygen atoms in total. The highest BCUT2D eigenvalue weighted by atomic mass is 35.5. The number of aromatic nitrogens is 4. The number of thiazole rings is 1. The zero-order valence-electron chi connectivity index (χ0n) is 15.4. The maximum Gasteiger partial charge on any atom is 0.236 e. The molecule has 29 heavy (non-hydrogen) atoms. The average Bonchev–Trinajstić information content (AvgIpc) is 3.39. The van der Waals surface area contributed by atoms with Crippen molar-refractivity contribution in [2.24, 2.45) is 0 Å². The van der Waals surface area contributed by atoms with Gasteiger partial charge in [-0.25, -0.2) is 4.98 Å². The SMILES string of the molecule is Cc1ccc(-n2c(SCC(=O)Nc3nccs3)nnc2-c2ccccc2)cc1Cl. The summed E-state index contributed by atoms with van der Waals surface area (Å²) in [5, 5.41) is 15.1. The highest BCUT2D eigenvalue weighted by Gasteiger charge is 2.18. The van der Waals surface area contributed by atoms with Crippen LogP contribution < -0.4 is 5.32 Å². The van der Waals surface area contributed by atoms with Gasteiger partial charge in [-0.1, -0.05) is 59.8 Å². The van der Waals surface area contributed by atoms with Gasteiger partial charge in [0.15, 0.2) is 16.1 Å². The molecular weight excluding hydrogens is 426 g/mol. The first-order valence-corrected chi connectivity index (χ1v) is 11.0. The first-order valence-electron chi connectivity index (χ1n) is 8.71. The van der Waals surface area contributed by atoms with Crippen LogP contribution in [0.2, 0.25) is 5.02 Å². The number of benzene rings is 2. The molecule has 4 aromatic rings. The lowest BCUT2D eigenvalue weighted by atomic mass is 10.2. The molecule has 1 N–H and O–H groups in total. The number of anilines is 1. The number of nitrogens with one attached hydrogen (secondary N) is 1. The van der Waals surface area contributed by atoms with Crippen molar-refractivity contribution in [1.29, 1.82) is 0 Å². The second kappa shape index (κ2) is 8.77. The van der Waals surface area contributed by atoms with Crippen molar-refractivity contribution in [2.45, 2.75) is 12.1 Å². The van der Waals surface area contributed by atoms with Gasteiger partial charge in [-0.2, -0.15) is 0 Å². The number of hydrogen-bond donors (Lipinski definition) is 1. The predicted molar refractivity (Wildman–Crippen MR) is 118 cm³/mol. The molecular formula is C20H16ClN5OS2. The summed E-state index contributed by atoms with van der Waals surface area (Å²) in [4.78, 5) is 16.3. The summed E-state index contributed by atoms with van der Waals surface area (Å²) in [6.45, 7) is 1.95. The lowest BCUT2D eigenvalue weighted by Gasteiger charge is -2.11. The Labute approximate surface area is 181 Å². The second-order valence-corrected chi connectivity index (χ2v) is 8.36. The summed E-state index contributed by atoms with van der Waals surface area (Å²) in [6, 6.07) is 15.6. The van der Waals surface area contributed by atoms with Gasteiger partial charge in [-0.3, -0.25) is 9.36 Å². The summed E-state index contributed by atoms with van der Waals surface area (Å²) < 4.78 is 1.92. The zero-order chi connectivity index (χ0) is 20.2. The van der Waals surface area contributed by atoms with Crippen LogP contribution in [-0.4, -0.2) is 31.4 Å². The highest BCUT2D eigenvalue weighted by Crippen LogP contribution is 2.30. The van der Waals surface area contributed by atoms with Gasteiger partial charge < -0.3 is 5.32 Å². The van der Waals surface area contributed by atoms with Crippen molar-refractivity contribution in [3.05, 3.63) is 70.7 Å². The van der Waals surface area contributed by atoms with Crippen LogP contribution >= 0.6 is 34.7 Å². The van der Waals surface area contributed by atoms with Crippen LogP contribution in [0, 0.1) is 6.92 Å². The third-order valence-corrected chi connectivity index (χ3v) is 6.11. The number of aryl methyl sites for hydroxylation is 1. The van der Waals surface area contributed by atoms with E-state index < -0.39 is 0 Å². The van der Waals surface area contributed by atoms with Crippen LogP contribution in [0.25, 0.3) is 17.1 Å². The Bertz CT molecular complexity index is 1130. The van der Waals surface area contributed by atoms with Crippen molar-refractivity contribution >= 4 is 45.7 Å². The van der Waals surface area contributed by atoms with E-state index in [-0.39, 0.29) is 11.7 Å². The molecule has 0 aliphatic carbocycles. The van der Waals surface area contributed by atoms with Gasteiger partial charge in [-0.15, -0.1) is 21.5 Å². The van der Waals surface area contributed by atoms with Gasteiger partial charge in [0.1, 0.15) is 0 Å². The van der Waals surface area contributed by atoms with Gasteiger partial charge in [0, 0.05) is 22.2 Å². The van der Waals surface area contributed by atoms with E-state index in [0.29, 0.717) is 21.1 Å². The van der Waals surface area contributed by atoms with Gasteiger partial charge in [0.2, 0.25) is 5.91 Å². The molecule has 2 heterocycles. The van der Waals surface area contributed by atoms with Crippen LogP contribution in [0.5, 0.6) is 0 Å². The molecule has 2 aromatic carbocycles.